The molecule has 0 aliphatic carbocycles. The zero-order valence-electron chi connectivity index (χ0n) is 22.1. The lowest BCUT2D eigenvalue weighted by Crippen LogP contribution is -2.51. The number of benzene rings is 2. The highest BCUT2D eigenvalue weighted by Crippen LogP contribution is 2.35. The van der Waals surface area contributed by atoms with Crippen LogP contribution in [0, 0.1) is 11.5 Å². The first kappa shape index (κ1) is 29.2. The van der Waals surface area contributed by atoms with Crippen molar-refractivity contribution >= 4 is 57.9 Å². The van der Waals surface area contributed by atoms with Crippen molar-refractivity contribution in [1.29, 1.82) is 5.26 Å². The minimum absolute atomic E-state index is 0.0115. The molecule has 1 aromatic heterocycles. The average Bonchev–Trinajstić information content (AvgIpc) is 3.62. The molecule has 2 aromatic carbocycles. The Morgan fingerprint density at radius 2 is 2.00 bits per heavy atom. The number of halogens is 2. The molecule has 0 bridgehead atoms. The number of hydrogen-bond acceptors (Lipinski definition) is 7. The van der Waals surface area contributed by atoms with Crippen LogP contribution in [0.1, 0.15) is 38.3 Å². The third kappa shape index (κ3) is 5.99. The van der Waals surface area contributed by atoms with Crippen molar-refractivity contribution in [2.75, 3.05) is 26.2 Å². The van der Waals surface area contributed by atoms with Crippen LogP contribution in [0.2, 0.25) is 10.0 Å². The molecule has 4 N–H and O–H groups in total. The van der Waals surface area contributed by atoms with Gasteiger partial charge in [0.05, 0.1) is 28.0 Å². The summed E-state index contributed by atoms with van der Waals surface area (Å²) in [5.74, 6) is -2.21. The van der Waals surface area contributed by atoms with E-state index in [1.165, 1.54) is 0 Å². The minimum Gasteiger partial charge on any atom is -0.480 e. The van der Waals surface area contributed by atoms with E-state index in [4.69, 9.17) is 32.9 Å². The number of carboxylic acid groups (broad SMARTS) is 1. The molecule has 0 spiro atoms. The number of nitriles is 1. The second-order valence-electron chi connectivity index (χ2n) is 10.0. The Morgan fingerprint density at radius 1 is 1.19 bits per heavy atom. The number of likely N-dealkylation sites (tertiary alicyclic amines) is 1. The quantitative estimate of drug-likeness (QED) is 0.185. The maximum atomic E-state index is 13.2. The number of carboxylic acids is 1. The van der Waals surface area contributed by atoms with Crippen LogP contribution in [0.5, 0.6) is 0 Å². The first-order valence-corrected chi connectivity index (χ1v) is 13.9. The lowest BCUT2D eigenvalue weighted by atomic mass is 9.96. The van der Waals surface area contributed by atoms with Gasteiger partial charge in [0.2, 0.25) is 12.2 Å². The normalized spacial score (nSPS) is 17.5. The van der Waals surface area contributed by atoms with Gasteiger partial charge in [-0.1, -0.05) is 29.3 Å². The maximum Gasteiger partial charge on any atom is 0.328 e. The number of aliphatic hydroxyl groups excluding tert-OH is 1. The van der Waals surface area contributed by atoms with Crippen molar-refractivity contribution in [3.63, 3.8) is 0 Å². The van der Waals surface area contributed by atoms with Gasteiger partial charge < -0.3 is 35.1 Å². The number of nitrogens with one attached hydrogen (secondary N) is 2. The number of aliphatic carboxylic acids is 1. The summed E-state index contributed by atoms with van der Waals surface area (Å²) < 4.78 is 5.41. The molecular formula is C28H26Cl2N6O6. The molecule has 1 saturated heterocycles. The van der Waals surface area contributed by atoms with Crippen LogP contribution in [0.25, 0.3) is 11.0 Å². The van der Waals surface area contributed by atoms with Crippen LogP contribution >= 0.6 is 23.2 Å². The van der Waals surface area contributed by atoms with E-state index in [-0.39, 0.29) is 47.1 Å². The average molecular weight is 613 g/mol. The van der Waals surface area contributed by atoms with Gasteiger partial charge >= 0.3 is 5.97 Å². The molecule has 5 rings (SSSR count). The third-order valence-corrected chi connectivity index (χ3v) is 8.02. The van der Waals surface area contributed by atoms with Crippen LogP contribution in [-0.2, 0) is 17.8 Å². The zero-order valence-corrected chi connectivity index (χ0v) is 23.7. The van der Waals surface area contributed by atoms with Gasteiger partial charge in [0.25, 0.3) is 11.8 Å². The predicted octanol–water partition coefficient (Wildman–Crippen LogP) is 2.61. The van der Waals surface area contributed by atoms with E-state index in [2.05, 4.69) is 15.6 Å². The van der Waals surface area contributed by atoms with Gasteiger partial charge in [-0.15, -0.1) is 4.99 Å². The fourth-order valence-electron chi connectivity index (χ4n) is 5.13. The number of carbonyl (C=O) groups excluding carboxylic acids is 2. The lowest BCUT2D eigenvalue weighted by Gasteiger charge is -2.30. The number of nitrogens with zero attached hydrogens (tertiary/aromatic N) is 4. The van der Waals surface area contributed by atoms with E-state index in [0.717, 1.165) is 5.39 Å². The molecule has 2 unspecified atom stereocenters. The number of aliphatic imine (C=N–C) groups is 1. The Labute approximate surface area is 250 Å². The standard InChI is InChI=1S/C28H26Cl2N6O6/c29-20-9-17-12-35(26(39)16-2-1-15-5-8-42-22(15)10-16)7-4-19(17)24(30)23(20)25(38)34-21(27(40)41)11-32-28(33-14-31)36-6-3-18(37)13-36/h1-2,5,8-10,18,21,37H,3-4,6-7,11-13H2,(H,32,33)(H,34,38)(H,40,41). The molecule has 3 aromatic rings. The number of guanidine groups is 1. The van der Waals surface area contributed by atoms with Crippen molar-refractivity contribution in [2.45, 2.75) is 31.5 Å². The number of hydrogen-bond donors (Lipinski definition) is 4. The summed E-state index contributed by atoms with van der Waals surface area (Å²) in [5.41, 5.74) is 2.35. The minimum atomic E-state index is -1.42. The van der Waals surface area contributed by atoms with Gasteiger partial charge in [0, 0.05) is 43.7 Å². The molecule has 3 heterocycles. The molecule has 2 aliphatic rings. The van der Waals surface area contributed by atoms with E-state index in [9.17, 15) is 24.6 Å². The topological polar surface area (TPSA) is 172 Å². The van der Waals surface area contributed by atoms with Gasteiger partial charge in [0.1, 0.15) is 11.6 Å². The van der Waals surface area contributed by atoms with Crippen molar-refractivity contribution in [1.82, 2.24) is 20.4 Å². The van der Waals surface area contributed by atoms with Gasteiger partial charge in [0.15, 0.2) is 0 Å². The maximum absolute atomic E-state index is 13.2. The molecule has 42 heavy (non-hydrogen) atoms. The number of furan rings is 1. The summed E-state index contributed by atoms with van der Waals surface area (Å²) in [6.07, 6.45) is 3.46. The lowest BCUT2D eigenvalue weighted by molar-refractivity contribution is -0.139. The van der Waals surface area contributed by atoms with Gasteiger partial charge in [-0.3, -0.25) is 9.59 Å². The van der Waals surface area contributed by atoms with Crippen molar-refractivity contribution in [3.8, 4) is 6.19 Å². The highest BCUT2D eigenvalue weighted by Gasteiger charge is 2.30. The molecule has 14 heteroatoms. The molecule has 2 aliphatic heterocycles. The summed E-state index contributed by atoms with van der Waals surface area (Å²) in [6, 6.07) is 7.21. The van der Waals surface area contributed by atoms with Crippen molar-refractivity contribution in [3.05, 3.63) is 68.9 Å². The van der Waals surface area contributed by atoms with Crippen LogP contribution in [0.15, 0.2) is 46.0 Å². The fourth-order valence-corrected chi connectivity index (χ4v) is 5.89. The monoisotopic (exact) mass is 612 g/mol. The van der Waals surface area contributed by atoms with E-state index in [1.54, 1.807) is 40.5 Å². The summed E-state index contributed by atoms with van der Waals surface area (Å²) in [4.78, 5) is 45.4. The molecule has 0 radical (unpaired) electrons. The molecule has 1 fully saturated rings. The van der Waals surface area contributed by atoms with Crippen LogP contribution in [0.4, 0.5) is 0 Å². The molecular weight excluding hydrogens is 587 g/mol. The Hall–Kier alpha value is -4.31. The van der Waals surface area contributed by atoms with Gasteiger partial charge in [-0.05, 0) is 48.2 Å². The summed E-state index contributed by atoms with van der Waals surface area (Å²) in [6.45, 7) is 0.939. The second kappa shape index (κ2) is 12.3. The van der Waals surface area contributed by atoms with E-state index < -0.39 is 24.0 Å². The zero-order chi connectivity index (χ0) is 30.0. The number of fused-ring (bicyclic) bond motifs is 2. The van der Waals surface area contributed by atoms with E-state index in [0.29, 0.717) is 48.2 Å². The predicted molar refractivity (Wildman–Crippen MR) is 153 cm³/mol. The Kier molecular flexibility index (Phi) is 8.54. The van der Waals surface area contributed by atoms with Crippen LogP contribution < -0.4 is 10.6 Å². The van der Waals surface area contributed by atoms with Crippen LogP contribution in [-0.4, -0.2) is 82.1 Å². The summed E-state index contributed by atoms with van der Waals surface area (Å²) >= 11 is 13.1. The fraction of sp³-hybridized carbons (Fsp3) is 0.321. The van der Waals surface area contributed by atoms with Gasteiger partial charge in [-0.2, -0.15) is 5.26 Å². The van der Waals surface area contributed by atoms with Crippen LogP contribution in [0.3, 0.4) is 0 Å². The smallest absolute Gasteiger partial charge is 0.328 e. The Bertz CT molecular complexity index is 1630. The molecule has 2 atom stereocenters. The summed E-state index contributed by atoms with van der Waals surface area (Å²) in [5, 5.41) is 34.7. The van der Waals surface area contributed by atoms with Gasteiger partial charge in [-0.25, -0.2) is 4.79 Å². The molecule has 0 saturated carbocycles. The van der Waals surface area contributed by atoms with E-state index >= 15 is 0 Å². The first-order valence-electron chi connectivity index (χ1n) is 13.1. The molecule has 12 nitrogen and oxygen atoms in total. The number of amides is 2. The highest BCUT2D eigenvalue weighted by molar-refractivity contribution is 6.40. The Balaban J connectivity index is 1.29. The highest BCUT2D eigenvalue weighted by atomic mass is 35.5. The number of β-amino-alcohol motifs (C(OH)–C–C–N with tert-alkyl or cyclic N) is 1. The number of aliphatic hydroxyl groups is 1. The largest absolute Gasteiger partial charge is 0.480 e. The van der Waals surface area contributed by atoms with E-state index in [1.807, 2.05) is 12.1 Å². The SMILES string of the molecule is N#C/N=C(/NCC(NC(=O)c1c(Cl)cc2c(c1Cl)CCN(C(=O)c1ccc3ccoc3c1)C2)C(=O)O)N1CCC(O)C1. The number of rotatable bonds is 6. The third-order valence-electron chi connectivity index (χ3n) is 7.31. The first-order chi connectivity index (χ1) is 20.2. The summed E-state index contributed by atoms with van der Waals surface area (Å²) in [7, 11) is 0. The second-order valence-corrected chi connectivity index (χ2v) is 10.8. The Morgan fingerprint density at radius 3 is 2.71 bits per heavy atom. The molecule has 2 amide bonds. The number of carbonyl (C=O) groups is 3. The van der Waals surface area contributed by atoms with Crippen molar-refractivity contribution in [2.24, 2.45) is 4.99 Å². The van der Waals surface area contributed by atoms with Crippen molar-refractivity contribution < 1.29 is 29.0 Å². The molecule has 218 valence electrons.